The number of Topliss-reactive ketones (excluding diaryl/α,β-unsaturated/α-hetero) is 1. The Kier molecular flexibility index (Phi) is 4.61. The molecule has 0 saturated carbocycles. The molecule has 2 aromatic carbocycles. The molecule has 0 unspecified atom stereocenters. The molecule has 0 fully saturated rings. The highest BCUT2D eigenvalue weighted by Crippen LogP contribution is 2.28. The molecule has 2 aromatic rings. The summed E-state index contributed by atoms with van der Waals surface area (Å²) in [5.41, 5.74) is 1.18. The average molecular weight is 295 g/mol. The Bertz CT molecular complexity index is 575. The molecule has 0 atom stereocenters. The highest BCUT2D eigenvalue weighted by molar-refractivity contribution is 7.98. The highest BCUT2D eigenvalue weighted by atomic mass is 35.5. The molecule has 0 saturated heterocycles. The number of rotatable bonds is 4. The van der Waals surface area contributed by atoms with Crippen molar-refractivity contribution in [3.63, 3.8) is 0 Å². The smallest absolute Gasteiger partial charge is 0.159 e. The first-order chi connectivity index (χ1) is 9.08. The van der Waals surface area contributed by atoms with Crippen molar-refractivity contribution in [2.75, 3.05) is 0 Å². The summed E-state index contributed by atoms with van der Waals surface area (Å²) in [5, 5.41) is 0.438. The minimum Gasteiger partial charge on any atom is -0.295 e. The van der Waals surface area contributed by atoms with Gasteiger partial charge in [-0.2, -0.15) is 0 Å². The fourth-order valence-electron chi connectivity index (χ4n) is 1.61. The van der Waals surface area contributed by atoms with E-state index < -0.39 is 0 Å². The first-order valence-corrected chi connectivity index (χ1v) is 7.11. The molecule has 98 valence electrons. The third-order valence-electron chi connectivity index (χ3n) is 2.71. The monoisotopic (exact) mass is 294 g/mol. The van der Waals surface area contributed by atoms with Crippen molar-refractivity contribution in [2.24, 2.45) is 0 Å². The quantitative estimate of drug-likeness (QED) is 0.585. The first-order valence-electron chi connectivity index (χ1n) is 5.74. The third kappa shape index (κ3) is 3.58. The molecule has 0 aliphatic carbocycles. The van der Waals surface area contributed by atoms with Crippen LogP contribution in [-0.4, -0.2) is 5.78 Å². The summed E-state index contributed by atoms with van der Waals surface area (Å²) in [5.74, 6) is 0.208. The predicted molar refractivity (Wildman–Crippen MR) is 77.4 cm³/mol. The maximum atomic E-state index is 13.6. The van der Waals surface area contributed by atoms with Crippen molar-refractivity contribution in [3.05, 3.63) is 64.4 Å². The van der Waals surface area contributed by atoms with E-state index in [1.807, 2.05) is 12.1 Å². The SMILES string of the molecule is CC(=O)c1ccc(SCc2c(F)cccc2Cl)cc1. The van der Waals surface area contributed by atoms with Gasteiger partial charge in [-0.15, -0.1) is 11.8 Å². The van der Waals surface area contributed by atoms with Gasteiger partial charge in [0.25, 0.3) is 0 Å². The van der Waals surface area contributed by atoms with Crippen LogP contribution in [0, 0.1) is 5.82 Å². The van der Waals surface area contributed by atoms with Crippen LogP contribution in [0.15, 0.2) is 47.4 Å². The first kappa shape index (κ1) is 14.1. The molecule has 19 heavy (non-hydrogen) atoms. The minimum absolute atomic E-state index is 0.0358. The number of ketones is 1. The van der Waals surface area contributed by atoms with E-state index in [9.17, 15) is 9.18 Å². The van der Waals surface area contributed by atoms with Gasteiger partial charge in [0.15, 0.2) is 5.78 Å². The second-order valence-electron chi connectivity index (χ2n) is 4.07. The van der Waals surface area contributed by atoms with E-state index in [2.05, 4.69) is 0 Å². The Balaban J connectivity index is 2.08. The Labute approximate surface area is 120 Å². The topological polar surface area (TPSA) is 17.1 Å². The largest absolute Gasteiger partial charge is 0.295 e. The van der Waals surface area contributed by atoms with Crippen molar-refractivity contribution in [2.45, 2.75) is 17.6 Å². The second-order valence-corrected chi connectivity index (χ2v) is 5.53. The van der Waals surface area contributed by atoms with Crippen LogP contribution in [0.1, 0.15) is 22.8 Å². The van der Waals surface area contributed by atoms with Crippen LogP contribution in [0.25, 0.3) is 0 Å². The lowest BCUT2D eigenvalue weighted by Crippen LogP contribution is -1.91. The number of thioether (sulfide) groups is 1. The molecular weight excluding hydrogens is 283 g/mol. The third-order valence-corrected chi connectivity index (χ3v) is 4.10. The van der Waals surface area contributed by atoms with Gasteiger partial charge in [-0.1, -0.05) is 29.8 Å². The van der Waals surface area contributed by atoms with E-state index in [1.54, 1.807) is 24.3 Å². The number of carbonyl (C=O) groups excluding carboxylic acids is 1. The predicted octanol–water partition coefficient (Wildman–Crippen LogP) is 4.97. The zero-order chi connectivity index (χ0) is 13.8. The van der Waals surface area contributed by atoms with Crippen LogP contribution in [-0.2, 0) is 5.75 Å². The molecule has 0 heterocycles. The van der Waals surface area contributed by atoms with Crippen molar-refractivity contribution in [3.8, 4) is 0 Å². The lowest BCUT2D eigenvalue weighted by molar-refractivity contribution is 0.101. The fourth-order valence-corrected chi connectivity index (χ4v) is 2.85. The van der Waals surface area contributed by atoms with Gasteiger partial charge < -0.3 is 0 Å². The maximum Gasteiger partial charge on any atom is 0.159 e. The van der Waals surface area contributed by atoms with Gasteiger partial charge in [-0.3, -0.25) is 4.79 Å². The summed E-state index contributed by atoms with van der Waals surface area (Å²) in [6.07, 6.45) is 0. The Morgan fingerprint density at radius 2 is 1.89 bits per heavy atom. The zero-order valence-electron chi connectivity index (χ0n) is 10.3. The molecule has 1 nitrogen and oxygen atoms in total. The van der Waals surface area contributed by atoms with E-state index in [0.717, 1.165) is 4.90 Å². The average Bonchev–Trinajstić information content (AvgIpc) is 2.38. The molecule has 4 heteroatoms. The number of carbonyl (C=O) groups is 1. The standard InChI is InChI=1S/C15H12ClFOS/c1-10(18)11-5-7-12(8-6-11)19-9-13-14(16)3-2-4-15(13)17/h2-8H,9H2,1H3. The molecule has 0 aliphatic rings. The number of hydrogen-bond donors (Lipinski definition) is 0. The molecular formula is C15H12ClFOS. The Hall–Kier alpha value is -1.32. The van der Waals surface area contributed by atoms with Crippen molar-refractivity contribution >= 4 is 29.1 Å². The van der Waals surface area contributed by atoms with Gasteiger partial charge in [0.05, 0.1) is 0 Å². The normalized spacial score (nSPS) is 10.5. The maximum absolute atomic E-state index is 13.6. The lowest BCUT2D eigenvalue weighted by atomic mass is 10.2. The second kappa shape index (κ2) is 6.22. The molecule has 0 amide bonds. The van der Waals surface area contributed by atoms with Crippen LogP contribution in [0.3, 0.4) is 0 Å². The van der Waals surface area contributed by atoms with Gasteiger partial charge >= 0.3 is 0 Å². The summed E-state index contributed by atoms with van der Waals surface area (Å²) in [6, 6.07) is 11.9. The summed E-state index contributed by atoms with van der Waals surface area (Å²) >= 11 is 7.45. The van der Waals surface area contributed by atoms with Crippen molar-refractivity contribution < 1.29 is 9.18 Å². The summed E-state index contributed by atoms with van der Waals surface area (Å²) in [4.78, 5) is 12.1. The van der Waals surface area contributed by atoms with E-state index in [0.29, 0.717) is 21.9 Å². The molecule has 0 aromatic heterocycles. The summed E-state index contributed by atoms with van der Waals surface area (Å²) < 4.78 is 13.6. The van der Waals surface area contributed by atoms with Gasteiger partial charge in [0, 0.05) is 26.8 Å². The molecule has 0 aliphatic heterocycles. The number of halogens is 2. The van der Waals surface area contributed by atoms with Gasteiger partial charge in [0.1, 0.15) is 5.82 Å². The van der Waals surface area contributed by atoms with Crippen LogP contribution >= 0.6 is 23.4 Å². The van der Waals surface area contributed by atoms with E-state index in [1.165, 1.54) is 24.8 Å². The van der Waals surface area contributed by atoms with Crippen LogP contribution in [0.2, 0.25) is 5.02 Å². The molecule has 0 N–H and O–H groups in total. The van der Waals surface area contributed by atoms with Gasteiger partial charge in [0.2, 0.25) is 0 Å². The van der Waals surface area contributed by atoms with Crippen LogP contribution in [0.4, 0.5) is 4.39 Å². The highest BCUT2D eigenvalue weighted by Gasteiger charge is 2.07. The molecule has 0 radical (unpaired) electrons. The Morgan fingerprint density at radius 1 is 1.21 bits per heavy atom. The van der Waals surface area contributed by atoms with Crippen LogP contribution in [0.5, 0.6) is 0 Å². The van der Waals surface area contributed by atoms with Gasteiger partial charge in [-0.25, -0.2) is 4.39 Å². The van der Waals surface area contributed by atoms with Crippen molar-refractivity contribution in [1.82, 2.24) is 0 Å². The van der Waals surface area contributed by atoms with E-state index in [-0.39, 0.29) is 11.6 Å². The van der Waals surface area contributed by atoms with Crippen LogP contribution < -0.4 is 0 Å². The van der Waals surface area contributed by atoms with Gasteiger partial charge in [-0.05, 0) is 31.2 Å². The lowest BCUT2D eigenvalue weighted by Gasteiger charge is -2.06. The number of benzene rings is 2. The molecule has 0 bridgehead atoms. The zero-order valence-corrected chi connectivity index (χ0v) is 11.9. The van der Waals surface area contributed by atoms with Crippen molar-refractivity contribution in [1.29, 1.82) is 0 Å². The summed E-state index contributed by atoms with van der Waals surface area (Å²) in [6.45, 7) is 1.53. The van der Waals surface area contributed by atoms with E-state index in [4.69, 9.17) is 11.6 Å². The Morgan fingerprint density at radius 3 is 2.47 bits per heavy atom. The fraction of sp³-hybridized carbons (Fsp3) is 0.133. The summed E-state index contributed by atoms with van der Waals surface area (Å²) in [7, 11) is 0. The number of hydrogen-bond acceptors (Lipinski definition) is 2. The minimum atomic E-state index is -0.291. The van der Waals surface area contributed by atoms with E-state index >= 15 is 0 Å². The molecule has 0 spiro atoms. The molecule has 2 rings (SSSR count).